The van der Waals surface area contributed by atoms with Crippen LogP contribution in [0.1, 0.15) is 12.5 Å². The minimum absolute atomic E-state index is 0.521. The number of alkyl halides is 3. The monoisotopic (exact) mass is 294 g/mol. The Morgan fingerprint density at radius 2 is 2.05 bits per heavy atom. The molecule has 19 heavy (non-hydrogen) atoms. The second-order valence-electron chi connectivity index (χ2n) is 4.11. The molecule has 0 bridgehead atoms. The van der Waals surface area contributed by atoms with Crippen LogP contribution in [0, 0.1) is 6.92 Å². The molecule has 2 N–H and O–H groups in total. The third kappa shape index (κ3) is 4.98. The summed E-state index contributed by atoms with van der Waals surface area (Å²) >= 11 is 5.91. The second-order valence-corrected chi connectivity index (χ2v) is 4.52. The van der Waals surface area contributed by atoms with Gasteiger partial charge in [-0.3, -0.25) is 4.79 Å². The highest BCUT2D eigenvalue weighted by Crippen LogP contribution is 2.23. The first-order valence-electron chi connectivity index (χ1n) is 5.57. The Morgan fingerprint density at radius 3 is 2.63 bits per heavy atom. The van der Waals surface area contributed by atoms with Crippen LogP contribution in [-0.4, -0.2) is 24.7 Å². The van der Waals surface area contributed by atoms with Crippen LogP contribution < -0.4 is 10.6 Å². The summed E-state index contributed by atoms with van der Waals surface area (Å²) in [5.74, 6) is -0.725. The number of hydrogen-bond donors (Lipinski definition) is 2. The highest BCUT2D eigenvalue weighted by Gasteiger charge is 2.28. The van der Waals surface area contributed by atoms with Gasteiger partial charge >= 0.3 is 6.18 Å². The molecular formula is C12H14ClF3N2O. The normalized spacial score (nSPS) is 12.9. The summed E-state index contributed by atoms with van der Waals surface area (Å²) in [5, 5.41) is 5.16. The van der Waals surface area contributed by atoms with Gasteiger partial charge in [-0.1, -0.05) is 17.7 Å². The lowest BCUT2D eigenvalue weighted by molar-refractivity contribution is -0.138. The molecule has 7 heteroatoms. The van der Waals surface area contributed by atoms with Crippen molar-refractivity contribution in [2.75, 3.05) is 11.9 Å². The first-order valence-corrected chi connectivity index (χ1v) is 5.94. The van der Waals surface area contributed by atoms with Gasteiger partial charge in [-0.05, 0) is 31.5 Å². The summed E-state index contributed by atoms with van der Waals surface area (Å²) < 4.78 is 35.9. The first kappa shape index (κ1) is 15.6. The van der Waals surface area contributed by atoms with Crippen molar-refractivity contribution in [2.45, 2.75) is 26.1 Å². The highest BCUT2D eigenvalue weighted by atomic mass is 35.5. The lowest BCUT2D eigenvalue weighted by atomic mass is 10.2. The van der Waals surface area contributed by atoms with E-state index in [0.29, 0.717) is 10.7 Å². The molecule has 0 aliphatic rings. The van der Waals surface area contributed by atoms with E-state index < -0.39 is 24.7 Å². The Balaban J connectivity index is 2.62. The molecule has 0 aliphatic carbocycles. The number of benzene rings is 1. The minimum Gasteiger partial charge on any atom is -0.374 e. The maximum Gasteiger partial charge on any atom is 0.405 e. The molecule has 1 rings (SSSR count). The van der Waals surface area contributed by atoms with E-state index in [1.165, 1.54) is 6.92 Å². The number of nitrogens with one attached hydrogen (secondary N) is 2. The van der Waals surface area contributed by atoms with Gasteiger partial charge in [0.2, 0.25) is 5.91 Å². The first-order chi connectivity index (χ1) is 8.70. The van der Waals surface area contributed by atoms with E-state index in [-0.39, 0.29) is 0 Å². The molecule has 3 nitrogen and oxygen atoms in total. The van der Waals surface area contributed by atoms with Crippen molar-refractivity contribution in [1.82, 2.24) is 5.32 Å². The Kier molecular flexibility index (Phi) is 5.05. The Hall–Kier alpha value is -1.43. The van der Waals surface area contributed by atoms with Gasteiger partial charge in [0.05, 0.1) is 0 Å². The third-order valence-corrected chi connectivity index (χ3v) is 2.91. The summed E-state index contributed by atoms with van der Waals surface area (Å²) in [6, 6.07) is 4.29. The molecular weight excluding hydrogens is 281 g/mol. The average Bonchev–Trinajstić information content (AvgIpc) is 2.31. The smallest absolute Gasteiger partial charge is 0.374 e. The molecule has 1 unspecified atom stereocenters. The van der Waals surface area contributed by atoms with E-state index in [4.69, 9.17) is 11.6 Å². The van der Waals surface area contributed by atoms with Crippen molar-refractivity contribution in [3.63, 3.8) is 0 Å². The number of rotatable bonds is 4. The quantitative estimate of drug-likeness (QED) is 0.896. The van der Waals surface area contributed by atoms with E-state index in [0.717, 1.165) is 5.56 Å². The maximum atomic E-state index is 12.0. The summed E-state index contributed by atoms with van der Waals surface area (Å²) in [6.07, 6.45) is -4.42. The van der Waals surface area contributed by atoms with Crippen LogP contribution >= 0.6 is 11.6 Å². The molecule has 0 aliphatic heterocycles. The molecule has 0 radical (unpaired) electrons. The van der Waals surface area contributed by atoms with Crippen molar-refractivity contribution in [3.05, 3.63) is 28.8 Å². The van der Waals surface area contributed by atoms with Gasteiger partial charge in [-0.25, -0.2) is 0 Å². The standard InChI is InChI=1S/C12H14ClF3N2O/c1-7-9(13)4-3-5-10(7)18-8(2)11(19)17-6-12(14,15)16/h3-5,8,18H,6H2,1-2H3,(H,17,19). The van der Waals surface area contributed by atoms with Crippen molar-refractivity contribution < 1.29 is 18.0 Å². The van der Waals surface area contributed by atoms with Gasteiger partial charge < -0.3 is 10.6 Å². The summed E-state index contributed by atoms with van der Waals surface area (Å²) in [5.41, 5.74) is 1.35. The van der Waals surface area contributed by atoms with Crippen molar-refractivity contribution >= 4 is 23.2 Å². The van der Waals surface area contributed by atoms with Gasteiger partial charge in [0.25, 0.3) is 0 Å². The summed E-state index contributed by atoms with van der Waals surface area (Å²) in [4.78, 5) is 11.5. The highest BCUT2D eigenvalue weighted by molar-refractivity contribution is 6.31. The molecule has 0 saturated heterocycles. The van der Waals surface area contributed by atoms with Crippen LogP contribution in [0.3, 0.4) is 0 Å². The van der Waals surface area contributed by atoms with Crippen LogP contribution in [-0.2, 0) is 4.79 Å². The number of carbonyl (C=O) groups excluding carboxylic acids is 1. The van der Waals surface area contributed by atoms with Crippen LogP contribution in [0.25, 0.3) is 0 Å². The molecule has 1 aromatic rings. The summed E-state index contributed by atoms with van der Waals surface area (Å²) in [6.45, 7) is 1.89. The number of carbonyl (C=O) groups is 1. The Labute approximate surface area is 114 Å². The molecule has 0 spiro atoms. The largest absolute Gasteiger partial charge is 0.405 e. The predicted molar refractivity (Wildman–Crippen MR) is 68.3 cm³/mol. The number of anilines is 1. The van der Waals surface area contributed by atoms with E-state index >= 15 is 0 Å². The lowest BCUT2D eigenvalue weighted by Crippen LogP contribution is -2.42. The van der Waals surface area contributed by atoms with E-state index in [1.807, 2.05) is 5.32 Å². The van der Waals surface area contributed by atoms with Crippen molar-refractivity contribution in [1.29, 1.82) is 0 Å². The molecule has 1 amide bonds. The Morgan fingerprint density at radius 1 is 1.42 bits per heavy atom. The van der Waals surface area contributed by atoms with Crippen LogP contribution in [0.4, 0.5) is 18.9 Å². The van der Waals surface area contributed by atoms with Crippen LogP contribution in [0.5, 0.6) is 0 Å². The van der Waals surface area contributed by atoms with Gasteiger partial charge in [-0.2, -0.15) is 13.2 Å². The summed E-state index contributed by atoms with van der Waals surface area (Å²) in [7, 11) is 0. The number of halogens is 4. The zero-order chi connectivity index (χ0) is 14.6. The maximum absolute atomic E-state index is 12.0. The van der Waals surface area contributed by atoms with Crippen molar-refractivity contribution in [3.8, 4) is 0 Å². The lowest BCUT2D eigenvalue weighted by Gasteiger charge is -2.17. The van der Waals surface area contributed by atoms with Gasteiger partial charge in [-0.15, -0.1) is 0 Å². The zero-order valence-corrected chi connectivity index (χ0v) is 11.2. The molecule has 0 heterocycles. The fraction of sp³-hybridized carbons (Fsp3) is 0.417. The van der Waals surface area contributed by atoms with E-state index in [9.17, 15) is 18.0 Å². The minimum atomic E-state index is -4.42. The van der Waals surface area contributed by atoms with Crippen LogP contribution in [0.15, 0.2) is 18.2 Å². The van der Waals surface area contributed by atoms with Gasteiger partial charge in [0.15, 0.2) is 0 Å². The molecule has 0 fully saturated rings. The zero-order valence-electron chi connectivity index (χ0n) is 10.4. The Bertz CT molecular complexity index is 463. The molecule has 0 saturated carbocycles. The van der Waals surface area contributed by atoms with E-state index in [1.54, 1.807) is 25.1 Å². The van der Waals surface area contributed by atoms with Gasteiger partial charge in [0.1, 0.15) is 12.6 Å². The fourth-order valence-electron chi connectivity index (χ4n) is 1.40. The molecule has 1 atom stereocenters. The second kappa shape index (κ2) is 6.14. The van der Waals surface area contributed by atoms with Crippen LogP contribution in [0.2, 0.25) is 5.02 Å². The third-order valence-electron chi connectivity index (χ3n) is 2.50. The number of hydrogen-bond acceptors (Lipinski definition) is 2. The predicted octanol–water partition coefficient (Wildman–Crippen LogP) is 3.13. The topological polar surface area (TPSA) is 41.1 Å². The number of amides is 1. The molecule has 0 aromatic heterocycles. The SMILES string of the molecule is Cc1c(Cl)cccc1NC(C)C(=O)NCC(F)(F)F. The molecule has 1 aromatic carbocycles. The van der Waals surface area contributed by atoms with Crippen molar-refractivity contribution in [2.24, 2.45) is 0 Å². The average molecular weight is 295 g/mol. The van der Waals surface area contributed by atoms with E-state index in [2.05, 4.69) is 5.32 Å². The van der Waals surface area contributed by atoms with Gasteiger partial charge in [0, 0.05) is 10.7 Å². The fourth-order valence-corrected chi connectivity index (χ4v) is 1.58. The molecule has 106 valence electrons.